The van der Waals surface area contributed by atoms with E-state index in [1.807, 2.05) is 46.0 Å². The number of amides is 2. The molecule has 0 spiro atoms. The molecule has 3 heterocycles. The van der Waals surface area contributed by atoms with E-state index in [1.54, 1.807) is 10.7 Å². The molecule has 1 unspecified atom stereocenters. The highest BCUT2D eigenvalue weighted by Gasteiger charge is 2.24. The monoisotopic (exact) mass is 448 g/mol. The van der Waals surface area contributed by atoms with Crippen LogP contribution >= 0.6 is 0 Å². The van der Waals surface area contributed by atoms with Crippen molar-refractivity contribution >= 4 is 34.2 Å². The molecule has 0 aliphatic carbocycles. The number of aryl methyl sites for hydroxylation is 3. The van der Waals surface area contributed by atoms with Crippen molar-refractivity contribution in [1.82, 2.24) is 20.1 Å². The van der Waals surface area contributed by atoms with Crippen LogP contribution in [0.2, 0.25) is 0 Å². The second-order valence-corrected chi connectivity index (χ2v) is 8.77. The van der Waals surface area contributed by atoms with Gasteiger partial charge in [0.05, 0.1) is 16.6 Å². The first-order valence-corrected chi connectivity index (χ1v) is 11.6. The van der Waals surface area contributed by atoms with Gasteiger partial charge in [0.25, 0.3) is 5.91 Å². The van der Waals surface area contributed by atoms with Crippen LogP contribution in [0, 0.1) is 13.8 Å². The van der Waals surface area contributed by atoms with Gasteiger partial charge in [0.15, 0.2) is 5.65 Å². The lowest BCUT2D eigenvalue weighted by molar-refractivity contribution is -0.118. The molecule has 0 bridgehead atoms. The summed E-state index contributed by atoms with van der Waals surface area (Å²) in [6.07, 6.45) is 3.70. The van der Waals surface area contributed by atoms with Gasteiger partial charge < -0.3 is 15.5 Å². The maximum atomic E-state index is 13.3. The number of carbonyl (C=O) groups excluding carboxylic acids is 2. The maximum Gasteiger partial charge on any atom is 0.252 e. The molecule has 8 nitrogen and oxygen atoms in total. The molecule has 1 aromatic carbocycles. The van der Waals surface area contributed by atoms with Gasteiger partial charge in [0.2, 0.25) is 5.91 Å². The zero-order chi connectivity index (χ0) is 23.5. The molecule has 0 saturated carbocycles. The molecule has 1 saturated heterocycles. The average molecular weight is 449 g/mol. The predicted molar refractivity (Wildman–Crippen MR) is 131 cm³/mol. The summed E-state index contributed by atoms with van der Waals surface area (Å²) >= 11 is 0. The number of rotatable bonds is 7. The van der Waals surface area contributed by atoms with Crippen LogP contribution in [0.4, 0.5) is 11.4 Å². The molecule has 8 heteroatoms. The second kappa shape index (κ2) is 9.60. The number of nitrogens with zero attached hydrogens (tertiary/aromatic N) is 4. The number of benzene rings is 1. The smallest absolute Gasteiger partial charge is 0.252 e. The fourth-order valence-corrected chi connectivity index (χ4v) is 4.53. The number of anilines is 2. The number of hydrogen-bond donors (Lipinski definition) is 2. The Morgan fingerprint density at radius 2 is 1.91 bits per heavy atom. The van der Waals surface area contributed by atoms with Gasteiger partial charge in [-0.3, -0.25) is 14.3 Å². The fraction of sp³-hybridized carbons (Fsp3) is 0.440. The Kier molecular flexibility index (Phi) is 6.62. The molecule has 33 heavy (non-hydrogen) atoms. The molecule has 174 valence electrons. The zero-order valence-electron chi connectivity index (χ0n) is 19.8. The molecule has 2 aromatic heterocycles. The van der Waals surface area contributed by atoms with Gasteiger partial charge in [-0.25, -0.2) is 4.98 Å². The van der Waals surface area contributed by atoms with Gasteiger partial charge in [-0.1, -0.05) is 19.4 Å². The van der Waals surface area contributed by atoms with E-state index in [4.69, 9.17) is 0 Å². The topological polar surface area (TPSA) is 92.1 Å². The predicted octanol–water partition coefficient (Wildman–Crippen LogP) is 3.72. The van der Waals surface area contributed by atoms with Crippen LogP contribution in [0.3, 0.4) is 0 Å². The lowest BCUT2D eigenvalue weighted by atomic mass is 10.1. The minimum absolute atomic E-state index is 0.214. The van der Waals surface area contributed by atoms with Crippen LogP contribution in [-0.2, 0) is 11.8 Å². The minimum Gasteiger partial charge on any atom is -0.371 e. The van der Waals surface area contributed by atoms with Gasteiger partial charge >= 0.3 is 0 Å². The third-order valence-corrected chi connectivity index (χ3v) is 6.13. The summed E-state index contributed by atoms with van der Waals surface area (Å²) < 4.78 is 1.68. The van der Waals surface area contributed by atoms with E-state index in [9.17, 15) is 9.59 Å². The van der Waals surface area contributed by atoms with Crippen molar-refractivity contribution in [1.29, 1.82) is 0 Å². The summed E-state index contributed by atoms with van der Waals surface area (Å²) in [6, 6.07) is 9.03. The molecule has 3 aromatic rings. The molecular formula is C25H32N6O2. The van der Waals surface area contributed by atoms with E-state index in [1.165, 1.54) is 12.8 Å². The van der Waals surface area contributed by atoms with E-state index in [2.05, 4.69) is 31.7 Å². The summed E-state index contributed by atoms with van der Waals surface area (Å²) in [7, 11) is 1.81. The zero-order valence-corrected chi connectivity index (χ0v) is 19.8. The van der Waals surface area contributed by atoms with E-state index in [-0.39, 0.29) is 11.8 Å². The molecule has 4 rings (SSSR count). The highest BCUT2D eigenvalue weighted by Crippen LogP contribution is 2.24. The van der Waals surface area contributed by atoms with Crippen LogP contribution in [0.25, 0.3) is 11.0 Å². The molecule has 2 amide bonds. The van der Waals surface area contributed by atoms with Crippen molar-refractivity contribution in [2.75, 3.05) is 23.3 Å². The molecule has 1 aliphatic rings. The first-order valence-electron chi connectivity index (χ1n) is 11.6. The molecular weight excluding hydrogens is 416 g/mol. The average Bonchev–Trinajstić information content (AvgIpc) is 3.42. The normalized spacial score (nSPS) is 14.5. The van der Waals surface area contributed by atoms with E-state index in [0.29, 0.717) is 17.6 Å². The Labute approximate surface area is 194 Å². The lowest BCUT2D eigenvalue weighted by Crippen LogP contribution is -2.43. The van der Waals surface area contributed by atoms with E-state index < -0.39 is 6.04 Å². The minimum atomic E-state index is -0.640. The van der Waals surface area contributed by atoms with Crippen LogP contribution < -0.4 is 15.5 Å². The summed E-state index contributed by atoms with van der Waals surface area (Å²) in [5.41, 5.74) is 4.47. The third-order valence-electron chi connectivity index (χ3n) is 6.13. The highest BCUT2D eigenvalue weighted by atomic mass is 16.2. The van der Waals surface area contributed by atoms with Gasteiger partial charge in [-0.05, 0) is 57.4 Å². The number of fused-ring (bicyclic) bond motifs is 1. The Morgan fingerprint density at radius 1 is 1.15 bits per heavy atom. The standard InChI is InChI=1S/C25H32N6O2/c1-5-9-21(25(33)27-18-10-8-11-19(15-18)31-12-6-7-13-31)28-24(32)20-14-16(2)26-23-22(20)17(3)29-30(23)4/h8,10-11,14-15,21H,5-7,9,12-13H2,1-4H3,(H,27,33)(H,28,32). The van der Waals surface area contributed by atoms with Crippen molar-refractivity contribution in [3.63, 3.8) is 0 Å². The summed E-state index contributed by atoms with van der Waals surface area (Å²) in [4.78, 5) is 33.3. The molecule has 1 atom stereocenters. The maximum absolute atomic E-state index is 13.3. The first kappa shape index (κ1) is 22.8. The summed E-state index contributed by atoms with van der Waals surface area (Å²) in [6.45, 7) is 7.79. The lowest BCUT2D eigenvalue weighted by Gasteiger charge is -2.21. The first-order chi connectivity index (χ1) is 15.9. The van der Waals surface area contributed by atoms with Gasteiger partial charge in [-0.2, -0.15) is 5.10 Å². The van der Waals surface area contributed by atoms with Gasteiger partial charge in [0, 0.05) is 37.2 Å². The van der Waals surface area contributed by atoms with E-state index >= 15 is 0 Å². The third kappa shape index (κ3) is 4.84. The fourth-order valence-electron chi connectivity index (χ4n) is 4.53. The van der Waals surface area contributed by atoms with Crippen molar-refractivity contribution in [2.24, 2.45) is 7.05 Å². The number of aromatic nitrogens is 3. The van der Waals surface area contributed by atoms with Crippen LogP contribution in [0.5, 0.6) is 0 Å². The summed E-state index contributed by atoms with van der Waals surface area (Å²) in [5, 5.41) is 11.1. The molecule has 2 N–H and O–H groups in total. The molecule has 0 radical (unpaired) electrons. The van der Waals surface area contributed by atoms with Crippen molar-refractivity contribution in [3.8, 4) is 0 Å². The van der Waals surface area contributed by atoms with Crippen molar-refractivity contribution in [2.45, 2.75) is 52.5 Å². The molecule has 1 aliphatic heterocycles. The Bertz CT molecular complexity index is 1180. The number of hydrogen-bond acceptors (Lipinski definition) is 5. The SMILES string of the molecule is CCCC(NC(=O)c1cc(C)nc2c1c(C)nn2C)C(=O)Nc1cccc(N2CCCC2)c1. The van der Waals surface area contributed by atoms with Crippen LogP contribution in [0.1, 0.15) is 54.4 Å². The number of pyridine rings is 1. The Morgan fingerprint density at radius 3 is 2.64 bits per heavy atom. The van der Waals surface area contributed by atoms with Crippen molar-refractivity contribution < 1.29 is 9.59 Å². The summed E-state index contributed by atoms with van der Waals surface area (Å²) in [5.74, 6) is -0.505. The number of nitrogens with one attached hydrogen (secondary N) is 2. The number of carbonyl (C=O) groups is 2. The Balaban J connectivity index is 1.53. The quantitative estimate of drug-likeness (QED) is 0.575. The van der Waals surface area contributed by atoms with E-state index in [0.717, 1.165) is 47.7 Å². The highest BCUT2D eigenvalue weighted by molar-refractivity contribution is 6.08. The van der Waals surface area contributed by atoms with Gasteiger partial charge in [0.1, 0.15) is 6.04 Å². The largest absolute Gasteiger partial charge is 0.371 e. The van der Waals surface area contributed by atoms with Crippen LogP contribution in [0.15, 0.2) is 30.3 Å². The Hall–Kier alpha value is -3.42. The molecule has 1 fully saturated rings. The van der Waals surface area contributed by atoms with Gasteiger partial charge in [-0.15, -0.1) is 0 Å². The van der Waals surface area contributed by atoms with Crippen molar-refractivity contribution in [3.05, 3.63) is 47.3 Å². The second-order valence-electron chi connectivity index (χ2n) is 8.77. The van der Waals surface area contributed by atoms with Crippen LogP contribution in [-0.4, -0.2) is 45.7 Å².